The Bertz CT molecular complexity index is 688. The fraction of sp³-hybridized carbons (Fsp3) is 0. The molecule has 0 saturated heterocycles. The van der Waals surface area contributed by atoms with Crippen LogP contribution in [0.5, 0.6) is 0 Å². The van der Waals surface area contributed by atoms with Gasteiger partial charge in [-0.05, 0) is 27.5 Å². The average molecular weight is 230 g/mol. The Morgan fingerprint density at radius 2 is 1.33 bits per heavy atom. The third kappa shape index (κ3) is 1.82. The van der Waals surface area contributed by atoms with Gasteiger partial charge in [0.2, 0.25) is 0 Å². The van der Waals surface area contributed by atoms with Gasteiger partial charge in [0.15, 0.2) is 0 Å². The van der Waals surface area contributed by atoms with E-state index in [1.54, 1.807) is 0 Å². The van der Waals surface area contributed by atoms with Crippen LogP contribution in [0.15, 0.2) is 79.4 Å². The van der Waals surface area contributed by atoms with Crippen molar-refractivity contribution in [2.24, 2.45) is 0 Å². The molecule has 0 aliphatic carbocycles. The third-order valence-electron chi connectivity index (χ3n) is 3.24. The van der Waals surface area contributed by atoms with E-state index >= 15 is 0 Å². The summed E-state index contributed by atoms with van der Waals surface area (Å²) in [4.78, 5) is 0. The van der Waals surface area contributed by atoms with E-state index in [0.717, 1.165) is 5.57 Å². The second kappa shape index (κ2) is 4.50. The summed E-state index contributed by atoms with van der Waals surface area (Å²) in [7, 11) is 0. The summed E-state index contributed by atoms with van der Waals surface area (Å²) >= 11 is 0. The van der Waals surface area contributed by atoms with Crippen LogP contribution in [-0.4, -0.2) is 0 Å². The Morgan fingerprint density at radius 1 is 0.667 bits per heavy atom. The van der Waals surface area contributed by atoms with Crippen LogP contribution < -0.4 is 0 Å². The van der Waals surface area contributed by atoms with Crippen LogP contribution in [-0.2, 0) is 0 Å². The molecule has 0 nitrogen and oxygen atoms in total. The van der Waals surface area contributed by atoms with E-state index in [0.29, 0.717) is 0 Å². The normalized spacial score (nSPS) is 10.4. The molecule has 0 unspecified atom stereocenters. The molecular weight excluding hydrogens is 216 g/mol. The molecule has 0 heterocycles. The quantitative estimate of drug-likeness (QED) is 0.587. The number of hydrogen-bond acceptors (Lipinski definition) is 0. The Kier molecular flexibility index (Phi) is 2.70. The Morgan fingerprint density at radius 3 is 2.17 bits per heavy atom. The minimum absolute atomic E-state index is 1.08. The second-order valence-corrected chi connectivity index (χ2v) is 4.37. The molecule has 0 radical (unpaired) electrons. The molecule has 3 aromatic carbocycles. The summed E-state index contributed by atoms with van der Waals surface area (Å²) < 4.78 is 0. The first-order valence-corrected chi connectivity index (χ1v) is 6.09. The Balaban J connectivity index is 2.18. The summed E-state index contributed by atoms with van der Waals surface area (Å²) in [5, 5.41) is 2.51. The molecule has 0 amide bonds. The van der Waals surface area contributed by atoms with Crippen LogP contribution in [0.1, 0.15) is 11.1 Å². The van der Waals surface area contributed by atoms with Crippen molar-refractivity contribution in [3.8, 4) is 0 Å². The van der Waals surface area contributed by atoms with Gasteiger partial charge in [0, 0.05) is 0 Å². The minimum Gasteiger partial charge on any atom is -0.0905 e. The van der Waals surface area contributed by atoms with Crippen molar-refractivity contribution in [3.05, 3.63) is 90.5 Å². The summed E-state index contributed by atoms with van der Waals surface area (Å²) in [6.07, 6.45) is 0. The zero-order valence-electron chi connectivity index (χ0n) is 10.1. The van der Waals surface area contributed by atoms with Gasteiger partial charge in [-0.2, -0.15) is 0 Å². The average Bonchev–Trinajstić information content (AvgIpc) is 2.47. The second-order valence-electron chi connectivity index (χ2n) is 4.37. The molecule has 0 heteroatoms. The van der Waals surface area contributed by atoms with Gasteiger partial charge >= 0.3 is 0 Å². The molecule has 0 aliphatic rings. The highest BCUT2D eigenvalue weighted by molar-refractivity contribution is 5.97. The van der Waals surface area contributed by atoms with Crippen LogP contribution in [0.2, 0.25) is 0 Å². The SMILES string of the molecule is C=C(c1ccccc1)c1cccc2ccccc12. The zero-order valence-corrected chi connectivity index (χ0v) is 10.1. The topological polar surface area (TPSA) is 0 Å². The van der Waals surface area contributed by atoms with Crippen molar-refractivity contribution in [1.82, 2.24) is 0 Å². The van der Waals surface area contributed by atoms with Gasteiger partial charge in [-0.25, -0.2) is 0 Å². The lowest BCUT2D eigenvalue weighted by molar-refractivity contribution is 1.59. The van der Waals surface area contributed by atoms with Gasteiger partial charge in [-0.15, -0.1) is 0 Å². The largest absolute Gasteiger partial charge is 0.0905 e. The molecule has 86 valence electrons. The fourth-order valence-corrected chi connectivity index (χ4v) is 2.28. The molecule has 0 saturated carbocycles. The Labute approximate surface area is 107 Å². The predicted molar refractivity (Wildman–Crippen MR) is 78.5 cm³/mol. The summed E-state index contributed by atoms with van der Waals surface area (Å²) in [6, 6.07) is 25.1. The van der Waals surface area contributed by atoms with E-state index in [1.807, 2.05) is 18.2 Å². The predicted octanol–water partition coefficient (Wildman–Crippen LogP) is 4.90. The smallest absolute Gasteiger partial charge is 0.0105 e. The summed E-state index contributed by atoms with van der Waals surface area (Å²) in [5.41, 5.74) is 3.46. The lowest BCUT2D eigenvalue weighted by Crippen LogP contribution is -1.87. The van der Waals surface area contributed by atoms with Crippen molar-refractivity contribution in [2.45, 2.75) is 0 Å². The highest BCUT2D eigenvalue weighted by atomic mass is 14.1. The van der Waals surface area contributed by atoms with Crippen LogP contribution in [0, 0.1) is 0 Å². The number of benzene rings is 3. The van der Waals surface area contributed by atoms with Gasteiger partial charge in [0.05, 0.1) is 0 Å². The van der Waals surface area contributed by atoms with Crippen LogP contribution in [0.4, 0.5) is 0 Å². The van der Waals surface area contributed by atoms with Crippen molar-refractivity contribution in [3.63, 3.8) is 0 Å². The molecular formula is C18H14. The van der Waals surface area contributed by atoms with Crippen molar-refractivity contribution >= 4 is 16.3 Å². The fourth-order valence-electron chi connectivity index (χ4n) is 2.28. The summed E-state index contributed by atoms with van der Waals surface area (Å²) in [5.74, 6) is 0. The molecule has 0 atom stereocenters. The number of rotatable bonds is 2. The lowest BCUT2D eigenvalue weighted by Gasteiger charge is -2.09. The number of fused-ring (bicyclic) bond motifs is 1. The van der Waals surface area contributed by atoms with Gasteiger partial charge in [0.1, 0.15) is 0 Å². The zero-order chi connectivity index (χ0) is 12.4. The maximum Gasteiger partial charge on any atom is -0.0105 e. The molecule has 0 aliphatic heterocycles. The lowest BCUT2D eigenvalue weighted by atomic mass is 9.95. The standard InChI is InChI=1S/C18H14/c1-14(15-8-3-2-4-9-15)17-13-7-11-16-10-5-6-12-18(16)17/h2-13H,1H2. The van der Waals surface area contributed by atoms with Crippen LogP contribution in [0.25, 0.3) is 16.3 Å². The Hall–Kier alpha value is -2.34. The molecule has 3 aromatic rings. The molecule has 0 aromatic heterocycles. The van der Waals surface area contributed by atoms with E-state index in [-0.39, 0.29) is 0 Å². The van der Waals surface area contributed by atoms with E-state index in [2.05, 4.69) is 61.2 Å². The first-order chi connectivity index (χ1) is 8.86. The van der Waals surface area contributed by atoms with Crippen molar-refractivity contribution in [2.75, 3.05) is 0 Å². The van der Waals surface area contributed by atoms with Crippen LogP contribution >= 0.6 is 0 Å². The molecule has 3 rings (SSSR count). The van der Waals surface area contributed by atoms with E-state index in [1.165, 1.54) is 21.9 Å². The molecule has 18 heavy (non-hydrogen) atoms. The molecule has 0 spiro atoms. The van der Waals surface area contributed by atoms with E-state index in [4.69, 9.17) is 0 Å². The maximum atomic E-state index is 4.25. The summed E-state index contributed by atoms with van der Waals surface area (Å²) in [6.45, 7) is 4.25. The molecule has 0 fully saturated rings. The van der Waals surface area contributed by atoms with Crippen molar-refractivity contribution in [1.29, 1.82) is 0 Å². The highest BCUT2D eigenvalue weighted by Crippen LogP contribution is 2.28. The monoisotopic (exact) mass is 230 g/mol. The van der Waals surface area contributed by atoms with Crippen molar-refractivity contribution < 1.29 is 0 Å². The molecule has 0 bridgehead atoms. The van der Waals surface area contributed by atoms with E-state index < -0.39 is 0 Å². The van der Waals surface area contributed by atoms with Gasteiger partial charge in [-0.3, -0.25) is 0 Å². The first-order valence-electron chi connectivity index (χ1n) is 6.09. The van der Waals surface area contributed by atoms with Gasteiger partial charge in [-0.1, -0.05) is 79.4 Å². The minimum atomic E-state index is 1.08. The van der Waals surface area contributed by atoms with Gasteiger partial charge < -0.3 is 0 Å². The van der Waals surface area contributed by atoms with Crippen LogP contribution in [0.3, 0.4) is 0 Å². The first kappa shape index (κ1) is 10.8. The number of hydrogen-bond donors (Lipinski definition) is 0. The van der Waals surface area contributed by atoms with Gasteiger partial charge in [0.25, 0.3) is 0 Å². The van der Waals surface area contributed by atoms with E-state index in [9.17, 15) is 0 Å². The highest BCUT2D eigenvalue weighted by Gasteiger charge is 2.05. The third-order valence-corrected chi connectivity index (χ3v) is 3.24. The maximum absolute atomic E-state index is 4.25. The molecule has 0 N–H and O–H groups in total.